The molecule has 1 saturated carbocycles. The lowest BCUT2D eigenvalue weighted by Crippen LogP contribution is -2.42. The summed E-state index contributed by atoms with van der Waals surface area (Å²) in [5, 5.41) is 3.70. The van der Waals surface area contributed by atoms with Crippen LogP contribution in [0.15, 0.2) is 18.2 Å². The minimum atomic E-state index is -0.119. The molecule has 0 bridgehead atoms. The van der Waals surface area contributed by atoms with Gasteiger partial charge in [0.05, 0.1) is 0 Å². The van der Waals surface area contributed by atoms with Gasteiger partial charge in [-0.05, 0) is 81.4 Å². The zero-order chi connectivity index (χ0) is 13.9. The molecule has 1 aliphatic carbocycles. The van der Waals surface area contributed by atoms with Crippen LogP contribution < -0.4 is 5.32 Å². The molecular weight excluding hydrogens is 287 g/mol. The molecule has 1 aliphatic heterocycles. The second-order valence-electron chi connectivity index (χ2n) is 6.47. The summed E-state index contributed by atoms with van der Waals surface area (Å²) < 4.78 is 13.3. The predicted molar refractivity (Wildman–Crippen MR) is 87.4 cm³/mol. The van der Waals surface area contributed by atoms with Crippen molar-refractivity contribution < 1.29 is 4.39 Å². The molecule has 1 N–H and O–H groups in total. The number of piperidine rings is 1. The van der Waals surface area contributed by atoms with Crippen LogP contribution in [0.25, 0.3) is 0 Å². The molecule has 1 saturated heterocycles. The van der Waals surface area contributed by atoms with E-state index >= 15 is 0 Å². The van der Waals surface area contributed by atoms with Crippen LogP contribution >= 0.6 is 12.4 Å². The summed E-state index contributed by atoms with van der Waals surface area (Å²) in [6, 6.07) is 5.81. The molecule has 0 unspecified atom stereocenters. The average molecular weight is 313 g/mol. The third-order valence-electron chi connectivity index (χ3n) is 4.68. The maximum Gasteiger partial charge on any atom is 0.123 e. The SMILES string of the molecule is Cc1ccc(F)cc1CN1CCC(NCC2CC2)CC1.Cl. The van der Waals surface area contributed by atoms with Crippen LogP contribution in [0.3, 0.4) is 0 Å². The largest absolute Gasteiger partial charge is 0.314 e. The Balaban J connectivity index is 0.00000161. The minimum Gasteiger partial charge on any atom is -0.314 e. The van der Waals surface area contributed by atoms with Crippen molar-refractivity contribution in [2.45, 2.75) is 45.2 Å². The molecule has 0 radical (unpaired) electrons. The van der Waals surface area contributed by atoms with E-state index in [2.05, 4.69) is 17.1 Å². The molecule has 1 aromatic rings. The summed E-state index contributed by atoms with van der Waals surface area (Å²) in [5.74, 6) is 0.842. The number of rotatable bonds is 5. The van der Waals surface area contributed by atoms with Gasteiger partial charge in [0, 0.05) is 12.6 Å². The van der Waals surface area contributed by atoms with Crippen molar-refractivity contribution in [1.29, 1.82) is 0 Å². The molecule has 4 heteroatoms. The Kier molecular flexibility index (Phi) is 6.03. The van der Waals surface area contributed by atoms with E-state index in [1.165, 1.54) is 37.8 Å². The number of hydrogen-bond donors (Lipinski definition) is 1. The highest BCUT2D eigenvalue weighted by molar-refractivity contribution is 5.85. The summed E-state index contributed by atoms with van der Waals surface area (Å²) in [5.41, 5.74) is 2.33. The first-order valence-corrected chi connectivity index (χ1v) is 7.91. The second-order valence-corrected chi connectivity index (χ2v) is 6.47. The van der Waals surface area contributed by atoms with Crippen molar-refractivity contribution >= 4 is 12.4 Å². The fraction of sp³-hybridized carbons (Fsp3) is 0.647. The average Bonchev–Trinajstić information content (AvgIpc) is 3.26. The van der Waals surface area contributed by atoms with Crippen molar-refractivity contribution in [2.24, 2.45) is 5.92 Å². The van der Waals surface area contributed by atoms with Crippen LogP contribution in [-0.2, 0) is 6.54 Å². The molecule has 1 heterocycles. The Bertz CT molecular complexity index is 454. The molecule has 0 amide bonds. The molecule has 21 heavy (non-hydrogen) atoms. The minimum absolute atomic E-state index is 0. The van der Waals surface area contributed by atoms with Crippen LogP contribution in [0, 0.1) is 18.7 Å². The number of benzene rings is 1. The Morgan fingerprint density at radius 3 is 2.57 bits per heavy atom. The van der Waals surface area contributed by atoms with Crippen LogP contribution in [0.5, 0.6) is 0 Å². The van der Waals surface area contributed by atoms with E-state index < -0.39 is 0 Å². The highest BCUT2D eigenvalue weighted by atomic mass is 35.5. The number of likely N-dealkylation sites (tertiary alicyclic amines) is 1. The molecule has 0 aromatic heterocycles. The summed E-state index contributed by atoms with van der Waals surface area (Å²) in [6.07, 6.45) is 5.29. The third-order valence-corrected chi connectivity index (χ3v) is 4.68. The zero-order valence-electron chi connectivity index (χ0n) is 12.8. The van der Waals surface area contributed by atoms with Crippen molar-refractivity contribution in [1.82, 2.24) is 10.2 Å². The summed E-state index contributed by atoms with van der Waals surface area (Å²) in [4.78, 5) is 2.46. The van der Waals surface area contributed by atoms with Crippen LogP contribution in [-0.4, -0.2) is 30.6 Å². The van der Waals surface area contributed by atoms with Crippen molar-refractivity contribution in [3.8, 4) is 0 Å². The van der Waals surface area contributed by atoms with Gasteiger partial charge in [0.15, 0.2) is 0 Å². The lowest BCUT2D eigenvalue weighted by atomic mass is 10.0. The van der Waals surface area contributed by atoms with Crippen LogP contribution in [0.4, 0.5) is 4.39 Å². The summed E-state index contributed by atoms with van der Waals surface area (Å²) in [7, 11) is 0. The van der Waals surface area contributed by atoms with Gasteiger partial charge < -0.3 is 5.32 Å². The number of aryl methyl sites for hydroxylation is 1. The Morgan fingerprint density at radius 2 is 1.90 bits per heavy atom. The Morgan fingerprint density at radius 1 is 1.19 bits per heavy atom. The fourth-order valence-corrected chi connectivity index (χ4v) is 3.00. The van der Waals surface area contributed by atoms with Gasteiger partial charge >= 0.3 is 0 Å². The number of hydrogen-bond acceptors (Lipinski definition) is 2. The molecule has 2 fully saturated rings. The lowest BCUT2D eigenvalue weighted by molar-refractivity contribution is 0.189. The van der Waals surface area contributed by atoms with E-state index in [0.29, 0.717) is 6.04 Å². The van der Waals surface area contributed by atoms with Gasteiger partial charge in [0.1, 0.15) is 5.82 Å². The molecule has 3 rings (SSSR count). The number of nitrogens with one attached hydrogen (secondary N) is 1. The second kappa shape index (κ2) is 7.57. The lowest BCUT2D eigenvalue weighted by Gasteiger charge is -2.32. The highest BCUT2D eigenvalue weighted by Crippen LogP contribution is 2.28. The molecule has 2 aliphatic rings. The van der Waals surface area contributed by atoms with Gasteiger partial charge in [0.25, 0.3) is 0 Å². The molecule has 2 nitrogen and oxygen atoms in total. The monoisotopic (exact) mass is 312 g/mol. The van der Waals surface area contributed by atoms with Crippen molar-refractivity contribution in [3.63, 3.8) is 0 Å². The summed E-state index contributed by atoms with van der Waals surface area (Å²) >= 11 is 0. The predicted octanol–water partition coefficient (Wildman–Crippen LogP) is 3.52. The number of halogens is 2. The van der Waals surface area contributed by atoms with Crippen LogP contribution in [0.2, 0.25) is 0 Å². The van der Waals surface area contributed by atoms with E-state index in [0.717, 1.165) is 31.1 Å². The first kappa shape index (κ1) is 16.7. The Hall–Kier alpha value is -0.640. The molecule has 0 spiro atoms. The van der Waals surface area contributed by atoms with E-state index in [1.807, 2.05) is 6.07 Å². The van der Waals surface area contributed by atoms with Gasteiger partial charge in [0.2, 0.25) is 0 Å². The van der Waals surface area contributed by atoms with Crippen molar-refractivity contribution in [3.05, 3.63) is 35.1 Å². The van der Waals surface area contributed by atoms with E-state index in [-0.39, 0.29) is 18.2 Å². The normalized spacial score (nSPS) is 20.3. The summed E-state index contributed by atoms with van der Waals surface area (Å²) in [6.45, 7) is 6.42. The van der Waals surface area contributed by atoms with Crippen LogP contribution in [0.1, 0.15) is 36.8 Å². The fourth-order valence-electron chi connectivity index (χ4n) is 3.00. The first-order chi connectivity index (χ1) is 9.70. The van der Waals surface area contributed by atoms with Gasteiger partial charge in [-0.25, -0.2) is 4.39 Å². The maximum atomic E-state index is 13.3. The molecular formula is C17H26ClFN2. The maximum absolute atomic E-state index is 13.3. The van der Waals surface area contributed by atoms with E-state index in [1.54, 1.807) is 12.1 Å². The van der Waals surface area contributed by atoms with Crippen molar-refractivity contribution in [2.75, 3.05) is 19.6 Å². The number of nitrogens with zero attached hydrogens (tertiary/aromatic N) is 1. The van der Waals surface area contributed by atoms with Gasteiger partial charge in [-0.2, -0.15) is 0 Å². The van der Waals surface area contributed by atoms with E-state index in [4.69, 9.17) is 0 Å². The quantitative estimate of drug-likeness (QED) is 0.895. The standard InChI is InChI=1S/C17H25FN2.ClH/c1-13-2-5-16(18)10-15(13)12-20-8-6-17(7-9-20)19-11-14-3-4-14;/h2,5,10,14,17,19H,3-4,6-9,11-12H2,1H3;1H. The topological polar surface area (TPSA) is 15.3 Å². The molecule has 1 aromatic carbocycles. The molecule has 0 atom stereocenters. The Labute approximate surface area is 133 Å². The molecule has 118 valence electrons. The third kappa shape index (κ3) is 4.94. The first-order valence-electron chi connectivity index (χ1n) is 7.91. The van der Waals surface area contributed by atoms with Gasteiger partial charge in [-0.3, -0.25) is 4.90 Å². The van der Waals surface area contributed by atoms with E-state index in [9.17, 15) is 4.39 Å². The van der Waals surface area contributed by atoms with Gasteiger partial charge in [-0.15, -0.1) is 12.4 Å². The highest BCUT2D eigenvalue weighted by Gasteiger charge is 2.24. The van der Waals surface area contributed by atoms with Gasteiger partial charge in [-0.1, -0.05) is 6.07 Å². The smallest absolute Gasteiger partial charge is 0.123 e. The zero-order valence-corrected chi connectivity index (χ0v) is 13.6.